The fraction of sp³-hybridized carbons (Fsp3) is 0.429. The molecule has 0 radical (unpaired) electrons. The van der Waals surface area contributed by atoms with Crippen LogP contribution in [0.1, 0.15) is 21.6 Å². The monoisotopic (exact) mass is 368 g/mol. The first-order valence-corrected chi connectivity index (χ1v) is 9.47. The molecule has 0 aliphatic carbocycles. The van der Waals surface area contributed by atoms with Crippen molar-refractivity contribution in [3.63, 3.8) is 0 Å². The van der Waals surface area contributed by atoms with Crippen LogP contribution in [0.25, 0.3) is 0 Å². The summed E-state index contributed by atoms with van der Waals surface area (Å²) in [7, 11) is 2.13. The van der Waals surface area contributed by atoms with Gasteiger partial charge in [-0.25, -0.2) is 0 Å². The van der Waals surface area contributed by atoms with Gasteiger partial charge in [-0.2, -0.15) is 0 Å². The number of aryl methyl sites for hydroxylation is 1. The Morgan fingerprint density at radius 2 is 1.78 bits per heavy atom. The van der Waals surface area contributed by atoms with Gasteiger partial charge in [0, 0.05) is 51.0 Å². The van der Waals surface area contributed by atoms with E-state index in [1.165, 1.54) is 0 Å². The molecule has 1 N–H and O–H groups in total. The van der Waals surface area contributed by atoms with E-state index < -0.39 is 0 Å². The maximum Gasteiger partial charge on any atom is 0.239 e. The fourth-order valence-electron chi connectivity index (χ4n) is 3.36. The molecule has 6 heteroatoms. The number of piperazine rings is 1. The molecule has 1 amide bonds. The second kappa shape index (κ2) is 8.97. The maximum absolute atomic E-state index is 12.8. The summed E-state index contributed by atoms with van der Waals surface area (Å²) in [4.78, 5) is 29.8. The lowest BCUT2D eigenvalue weighted by Crippen LogP contribution is -2.47. The van der Waals surface area contributed by atoms with Gasteiger partial charge in [0.2, 0.25) is 11.7 Å². The minimum atomic E-state index is -0.0702. The Morgan fingerprint density at radius 1 is 1.04 bits per heavy atom. The van der Waals surface area contributed by atoms with Gasteiger partial charge in [0.05, 0.1) is 5.69 Å². The summed E-state index contributed by atoms with van der Waals surface area (Å²) in [6.45, 7) is 7.79. The van der Waals surface area contributed by atoms with Gasteiger partial charge >= 0.3 is 0 Å². The largest absolute Gasteiger partial charge is 0.353 e. The van der Waals surface area contributed by atoms with Gasteiger partial charge in [-0.3, -0.25) is 14.5 Å². The number of nitrogens with one attached hydrogen (secondary N) is 1. The van der Waals surface area contributed by atoms with E-state index in [2.05, 4.69) is 22.2 Å². The smallest absolute Gasteiger partial charge is 0.239 e. The van der Waals surface area contributed by atoms with Gasteiger partial charge in [-0.1, -0.05) is 24.3 Å². The Hall–Kier alpha value is -2.44. The first kappa shape index (κ1) is 19.3. The van der Waals surface area contributed by atoms with E-state index in [1.807, 2.05) is 37.3 Å². The van der Waals surface area contributed by atoms with Crippen LogP contribution in [0.4, 0.5) is 0 Å². The third-order valence-corrected chi connectivity index (χ3v) is 5.11. The standard InChI is InChI=1S/C21H28N4O2/c1-17-6-3-4-7-18(17)21(27)19-8-5-10-25(19)16-20(26)22-9-11-24-14-12-23(2)13-15-24/h3-8,10H,9,11-16H2,1-2H3,(H,22,26). The number of aromatic nitrogens is 1. The third-order valence-electron chi connectivity index (χ3n) is 5.11. The molecule has 1 aromatic heterocycles. The molecule has 0 spiro atoms. The highest BCUT2D eigenvalue weighted by Gasteiger charge is 2.17. The molecule has 27 heavy (non-hydrogen) atoms. The molecular formula is C21H28N4O2. The van der Waals surface area contributed by atoms with Crippen LogP contribution in [0.15, 0.2) is 42.6 Å². The van der Waals surface area contributed by atoms with Crippen LogP contribution >= 0.6 is 0 Å². The van der Waals surface area contributed by atoms with Gasteiger partial charge in [0.1, 0.15) is 6.54 Å². The second-order valence-corrected chi connectivity index (χ2v) is 7.16. The van der Waals surface area contributed by atoms with Crippen molar-refractivity contribution in [3.05, 3.63) is 59.4 Å². The SMILES string of the molecule is Cc1ccccc1C(=O)c1cccn1CC(=O)NCCN1CCN(C)CC1. The summed E-state index contributed by atoms with van der Waals surface area (Å²) in [5, 5.41) is 2.97. The predicted molar refractivity (Wildman–Crippen MR) is 106 cm³/mol. The Labute approximate surface area is 160 Å². The number of carbonyl (C=O) groups is 2. The lowest BCUT2D eigenvalue weighted by atomic mass is 10.0. The molecule has 0 unspecified atom stereocenters. The van der Waals surface area contributed by atoms with Crippen LogP contribution in [0, 0.1) is 6.92 Å². The van der Waals surface area contributed by atoms with E-state index in [4.69, 9.17) is 0 Å². The predicted octanol–water partition coefficient (Wildman–Crippen LogP) is 1.39. The first-order chi connectivity index (χ1) is 13.0. The van der Waals surface area contributed by atoms with Crippen LogP contribution in [0.3, 0.4) is 0 Å². The topological polar surface area (TPSA) is 57.6 Å². The van der Waals surface area contributed by atoms with Gasteiger partial charge in [0.25, 0.3) is 0 Å². The maximum atomic E-state index is 12.8. The molecule has 6 nitrogen and oxygen atoms in total. The number of benzene rings is 1. The van der Waals surface area contributed by atoms with Crippen molar-refractivity contribution in [2.45, 2.75) is 13.5 Å². The van der Waals surface area contributed by atoms with Gasteiger partial charge in [-0.05, 0) is 31.7 Å². The zero-order chi connectivity index (χ0) is 19.2. The Kier molecular flexibility index (Phi) is 6.42. The van der Waals surface area contributed by atoms with Crippen molar-refractivity contribution >= 4 is 11.7 Å². The van der Waals surface area contributed by atoms with Crippen molar-refractivity contribution < 1.29 is 9.59 Å². The number of nitrogens with zero attached hydrogens (tertiary/aromatic N) is 3. The van der Waals surface area contributed by atoms with Gasteiger partial charge in [-0.15, -0.1) is 0 Å². The number of ketones is 1. The molecule has 0 atom stereocenters. The average Bonchev–Trinajstić information content (AvgIpc) is 3.11. The van der Waals surface area contributed by atoms with E-state index in [1.54, 1.807) is 16.8 Å². The van der Waals surface area contributed by atoms with Crippen molar-refractivity contribution in [2.24, 2.45) is 0 Å². The molecule has 3 rings (SSSR count). The third kappa shape index (κ3) is 5.05. The molecule has 2 aromatic rings. The molecule has 2 heterocycles. The number of hydrogen-bond acceptors (Lipinski definition) is 4. The van der Waals surface area contributed by atoms with E-state index >= 15 is 0 Å². The van der Waals surface area contributed by atoms with Crippen LogP contribution in [-0.4, -0.2) is 72.4 Å². The lowest BCUT2D eigenvalue weighted by molar-refractivity contribution is -0.121. The van der Waals surface area contributed by atoms with E-state index in [0.717, 1.165) is 38.3 Å². The van der Waals surface area contributed by atoms with Crippen molar-refractivity contribution in [1.29, 1.82) is 0 Å². The van der Waals surface area contributed by atoms with Gasteiger partial charge < -0.3 is 14.8 Å². The normalized spacial score (nSPS) is 15.6. The highest BCUT2D eigenvalue weighted by atomic mass is 16.2. The number of rotatable bonds is 7. The summed E-state index contributed by atoms with van der Waals surface area (Å²) < 4.78 is 1.72. The van der Waals surface area contributed by atoms with E-state index in [0.29, 0.717) is 17.8 Å². The van der Waals surface area contributed by atoms with Gasteiger partial charge in [0.15, 0.2) is 0 Å². The molecular weight excluding hydrogens is 340 g/mol. The first-order valence-electron chi connectivity index (χ1n) is 9.47. The van der Waals surface area contributed by atoms with Crippen LogP contribution in [0.5, 0.6) is 0 Å². The number of likely N-dealkylation sites (N-methyl/N-ethyl adjacent to an activating group) is 1. The summed E-state index contributed by atoms with van der Waals surface area (Å²) in [5.41, 5.74) is 2.15. The summed E-state index contributed by atoms with van der Waals surface area (Å²) in [6, 6.07) is 11.1. The molecule has 1 fully saturated rings. The summed E-state index contributed by atoms with van der Waals surface area (Å²) >= 11 is 0. The molecule has 0 saturated carbocycles. The number of amides is 1. The van der Waals surface area contributed by atoms with Crippen molar-refractivity contribution in [3.8, 4) is 0 Å². The molecule has 1 aliphatic rings. The minimum Gasteiger partial charge on any atom is -0.353 e. The highest BCUT2D eigenvalue weighted by Crippen LogP contribution is 2.14. The second-order valence-electron chi connectivity index (χ2n) is 7.16. The minimum absolute atomic E-state index is 0.0525. The highest BCUT2D eigenvalue weighted by molar-refractivity contribution is 6.09. The van der Waals surface area contributed by atoms with Crippen LogP contribution < -0.4 is 5.32 Å². The average molecular weight is 368 g/mol. The van der Waals surface area contributed by atoms with Crippen molar-refractivity contribution in [1.82, 2.24) is 19.7 Å². The molecule has 1 saturated heterocycles. The van der Waals surface area contributed by atoms with Crippen molar-refractivity contribution in [2.75, 3.05) is 46.3 Å². The number of hydrogen-bond donors (Lipinski definition) is 1. The molecule has 144 valence electrons. The Bertz CT molecular complexity index is 791. The zero-order valence-corrected chi connectivity index (χ0v) is 16.1. The molecule has 1 aliphatic heterocycles. The van der Waals surface area contributed by atoms with Crippen LogP contribution in [0.2, 0.25) is 0 Å². The Balaban J connectivity index is 1.53. The number of carbonyl (C=O) groups excluding carboxylic acids is 2. The Morgan fingerprint density at radius 3 is 2.52 bits per heavy atom. The molecule has 0 bridgehead atoms. The van der Waals surface area contributed by atoms with E-state index in [-0.39, 0.29) is 18.2 Å². The van der Waals surface area contributed by atoms with Crippen LogP contribution in [-0.2, 0) is 11.3 Å². The summed E-state index contributed by atoms with van der Waals surface area (Å²) in [6.07, 6.45) is 1.78. The zero-order valence-electron chi connectivity index (χ0n) is 16.1. The quantitative estimate of drug-likeness (QED) is 0.751. The lowest BCUT2D eigenvalue weighted by Gasteiger charge is -2.32. The van der Waals surface area contributed by atoms with E-state index in [9.17, 15) is 9.59 Å². The fourth-order valence-corrected chi connectivity index (χ4v) is 3.36. The summed E-state index contributed by atoms with van der Waals surface area (Å²) in [5.74, 6) is -0.123. The molecule has 1 aromatic carbocycles.